The summed E-state index contributed by atoms with van der Waals surface area (Å²) in [6, 6.07) is 0. The molecule has 0 amide bonds. The molecule has 12 heavy (non-hydrogen) atoms. The van der Waals surface area contributed by atoms with E-state index in [4.69, 9.17) is 5.73 Å². The summed E-state index contributed by atoms with van der Waals surface area (Å²) in [5.74, 6) is 0.512. The first-order valence-electron chi connectivity index (χ1n) is 4.43. The van der Waals surface area contributed by atoms with Gasteiger partial charge >= 0.3 is 0 Å². The van der Waals surface area contributed by atoms with Crippen molar-refractivity contribution in [2.24, 2.45) is 0 Å². The van der Waals surface area contributed by atoms with E-state index in [1.54, 1.807) is 0 Å². The van der Waals surface area contributed by atoms with E-state index >= 15 is 0 Å². The van der Waals surface area contributed by atoms with Crippen molar-refractivity contribution in [2.45, 2.75) is 39.0 Å². The van der Waals surface area contributed by atoms with Gasteiger partial charge < -0.3 is 10.7 Å². The number of imidazole rings is 1. The van der Waals surface area contributed by atoms with Crippen LogP contribution in [0.5, 0.6) is 0 Å². The second-order valence-electron chi connectivity index (χ2n) is 3.45. The highest BCUT2D eigenvalue weighted by Gasteiger charge is 2.23. The Balaban J connectivity index is 2.94. The molecule has 1 aromatic heterocycles. The van der Waals surface area contributed by atoms with Crippen molar-refractivity contribution in [1.29, 1.82) is 0 Å². The summed E-state index contributed by atoms with van der Waals surface area (Å²) < 4.78 is 0. The monoisotopic (exact) mass is 167 g/mol. The molecule has 3 nitrogen and oxygen atoms in total. The van der Waals surface area contributed by atoms with Crippen LogP contribution in [0.1, 0.15) is 39.3 Å². The Bertz CT molecular complexity index is 248. The van der Waals surface area contributed by atoms with Crippen molar-refractivity contribution in [1.82, 2.24) is 9.97 Å². The Morgan fingerprint density at radius 3 is 2.42 bits per heavy atom. The number of nitrogens with zero attached hydrogens (tertiary/aromatic N) is 1. The molecule has 0 aliphatic carbocycles. The molecule has 68 valence electrons. The normalized spacial score (nSPS) is 11.9. The van der Waals surface area contributed by atoms with Crippen molar-refractivity contribution in [3.8, 4) is 0 Å². The minimum Gasteiger partial charge on any atom is -0.369 e. The molecule has 1 aromatic rings. The van der Waals surface area contributed by atoms with E-state index in [-0.39, 0.29) is 5.41 Å². The lowest BCUT2D eigenvalue weighted by atomic mass is 9.82. The number of nitrogens with two attached hydrogens (primary N) is 1. The van der Waals surface area contributed by atoms with Crippen LogP contribution >= 0.6 is 0 Å². The standard InChI is InChI=1S/C9H17N3/c1-4-9(3,5-2)7-6-11-8(10)12-7/h6H,4-5H2,1-3H3,(H3,10,11,12). The Morgan fingerprint density at radius 1 is 1.50 bits per heavy atom. The van der Waals surface area contributed by atoms with Crippen molar-refractivity contribution in [3.05, 3.63) is 11.9 Å². The first-order chi connectivity index (χ1) is 5.62. The van der Waals surface area contributed by atoms with E-state index in [9.17, 15) is 0 Å². The Hall–Kier alpha value is -0.990. The third-order valence-corrected chi connectivity index (χ3v) is 2.81. The number of H-pyrrole nitrogens is 1. The van der Waals surface area contributed by atoms with Crippen LogP contribution in [0.15, 0.2) is 6.20 Å². The molecule has 0 atom stereocenters. The average Bonchev–Trinajstić information content (AvgIpc) is 2.51. The van der Waals surface area contributed by atoms with E-state index in [1.165, 1.54) is 0 Å². The number of hydrogen-bond acceptors (Lipinski definition) is 2. The average molecular weight is 167 g/mol. The minimum absolute atomic E-state index is 0.199. The fraction of sp³-hybridized carbons (Fsp3) is 0.667. The topological polar surface area (TPSA) is 54.7 Å². The molecule has 0 spiro atoms. The summed E-state index contributed by atoms with van der Waals surface area (Å²) in [4.78, 5) is 7.09. The summed E-state index contributed by atoms with van der Waals surface area (Å²) in [5, 5.41) is 0. The minimum atomic E-state index is 0.199. The maximum Gasteiger partial charge on any atom is 0.197 e. The van der Waals surface area contributed by atoms with Gasteiger partial charge in [-0.1, -0.05) is 20.8 Å². The van der Waals surface area contributed by atoms with E-state index < -0.39 is 0 Å². The van der Waals surface area contributed by atoms with E-state index in [0.717, 1.165) is 18.5 Å². The summed E-state index contributed by atoms with van der Waals surface area (Å²) in [6.07, 6.45) is 4.04. The van der Waals surface area contributed by atoms with Crippen molar-refractivity contribution >= 4 is 5.95 Å². The predicted molar refractivity (Wildman–Crippen MR) is 50.9 cm³/mol. The predicted octanol–water partition coefficient (Wildman–Crippen LogP) is 2.07. The van der Waals surface area contributed by atoms with E-state index in [1.807, 2.05) is 6.20 Å². The Morgan fingerprint density at radius 2 is 2.08 bits per heavy atom. The lowest BCUT2D eigenvalue weighted by molar-refractivity contribution is 0.428. The van der Waals surface area contributed by atoms with Gasteiger partial charge in [-0.05, 0) is 12.8 Å². The van der Waals surface area contributed by atoms with Gasteiger partial charge in [-0.15, -0.1) is 0 Å². The Labute approximate surface area is 73.4 Å². The maximum atomic E-state index is 5.52. The zero-order chi connectivity index (χ0) is 9.19. The Kier molecular flexibility index (Phi) is 2.40. The molecule has 3 heteroatoms. The molecule has 0 radical (unpaired) electrons. The lowest BCUT2D eigenvalue weighted by Gasteiger charge is -2.24. The number of aromatic nitrogens is 2. The molecule has 0 bridgehead atoms. The zero-order valence-corrected chi connectivity index (χ0v) is 8.02. The quantitative estimate of drug-likeness (QED) is 0.724. The summed E-state index contributed by atoms with van der Waals surface area (Å²) >= 11 is 0. The van der Waals surface area contributed by atoms with Gasteiger partial charge in [-0.2, -0.15) is 0 Å². The molecule has 0 aromatic carbocycles. The van der Waals surface area contributed by atoms with Gasteiger partial charge in [0.1, 0.15) is 0 Å². The smallest absolute Gasteiger partial charge is 0.197 e. The van der Waals surface area contributed by atoms with E-state index in [0.29, 0.717) is 5.95 Å². The molecular weight excluding hydrogens is 150 g/mol. The summed E-state index contributed by atoms with van der Waals surface area (Å²) in [6.45, 7) is 6.58. The van der Waals surface area contributed by atoms with Crippen LogP contribution in [0.25, 0.3) is 0 Å². The molecule has 0 saturated heterocycles. The van der Waals surface area contributed by atoms with Crippen LogP contribution < -0.4 is 5.73 Å². The number of rotatable bonds is 3. The van der Waals surface area contributed by atoms with Crippen LogP contribution in [0, 0.1) is 0 Å². The molecule has 0 aliphatic rings. The van der Waals surface area contributed by atoms with Gasteiger partial charge in [0.25, 0.3) is 0 Å². The molecule has 0 aliphatic heterocycles. The number of hydrogen-bond donors (Lipinski definition) is 2. The summed E-state index contributed by atoms with van der Waals surface area (Å²) in [5.41, 5.74) is 6.86. The second kappa shape index (κ2) is 3.17. The second-order valence-corrected chi connectivity index (χ2v) is 3.45. The first kappa shape index (κ1) is 9.10. The summed E-state index contributed by atoms with van der Waals surface area (Å²) in [7, 11) is 0. The van der Waals surface area contributed by atoms with Crippen molar-refractivity contribution in [2.75, 3.05) is 5.73 Å². The third-order valence-electron chi connectivity index (χ3n) is 2.81. The SMILES string of the molecule is CCC(C)(CC)c1cnc(N)[nH]1. The third kappa shape index (κ3) is 1.44. The van der Waals surface area contributed by atoms with Crippen LogP contribution in [0.3, 0.4) is 0 Å². The molecule has 0 unspecified atom stereocenters. The fourth-order valence-corrected chi connectivity index (χ4v) is 1.27. The number of nitrogens with one attached hydrogen (secondary N) is 1. The highest BCUT2D eigenvalue weighted by molar-refractivity contribution is 5.23. The largest absolute Gasteiger partial charge is 0.369 e. The fourth-order valence-electron chi connectivity index (χ4n) is 1.27. The van der Waals surface area contributed by atoms with Gasteiger partial charge in [0.05, 0.1) is 6.20 Å². The van der Waals surface area contributed by atoms with Gasteiger partial charge in [0.15, 0.2) is 5.95 Å². The first-order valence-corrected chi connectivity index (χ1v) is 4.43. The molecule has 1 rings (SSSR count). The molecule has 0 saturated carbocycles. The molecular formula is C9H17N3. The van der Waals surface area contributed by atoms with Crippen molar-refractivity contribution < 1.29 is 0 Å². The highest BCUT2D eigenvalue weighted by atomic mass is 15.0. The van der Waals surface area contributed by atoms with Gasteiger partial charge in [-0.3, -0.25) is 0 Å². The van der Waals surface area contributed by atoms with Gasteiger partial charge in [0, 0.05) is 11.1 Å². The molecule has 3 N–H and O–H groups in total. The number of aromatic amines is 1. The van der Waals surface area contributed by atoms with Crippen molar-refractivity contribution in [3.63, 3.8) is 0 Å². The van der Waals surface area contributed by atoms with Crippen LogP contribution in [0.4, 0.5) is 5.95 Å². The number of anilines is 1. The zero-order valence-electron chi connectivity index (χ0n) is 8.02. The number of nitrogen functional groups attached to an aromatic ring is 1. The highest BCUT2D eigenvalue weighted by Crippen LogP contribution is 2.29. The maximum absolute atomic E-state index is 5.52. The van der Waals surface area contributed by atoms with Gasteiger partial charge in [0.2, 0.25) is 0 Å². The van der Waals surface area contributed by atoms with Crippen LogP contribution in [-0.2, 0) is 5.41 Å². The molecule has 1 heterocycles. The molecule has 0 fully saturated rings. The van der Waals surface area contributed by atoms with E-state index in [2.05, 4.69) is 30.7 Å². The van der Waals surface area contributed by atoms with Crippen LogP contribution in [0.2, 0.25) is 0 Å². The lowest BCUT2D eigenvalue weighted by Crippen LogP contribution is -2.19. The van der Waals surface area contributed by atoms with Crippen LogP contribution in [-0.4, -0.2) is 9.97 Å². The van der Waals surface area contributed by atoms with Gasteiger partial charge in [-0.25, -0.2) is 4.98 Å².